The highest BCUT2D eigenvalue weighted by Gasteiger charge is 2.27. The van der Waals surface area contributed by atoms with E-state index in [0.717, 1.165) is 0 Å². The first kappa shape index (κ1) is 20.8. The molecule has 0 aromatic heterocycles. The van der Waals surface area contributed by atoms with Crippen LogP contribution in [0.25, 0.3) is 0 Å². The van der Waals surface area contributed by atoms with E-state index in [1.165, 1.54) is 16.4 Å². The molecule has 2 rings (SSSR count). The molecular formula is C18H29N3O4S. The summed E-state index contributed by atoms with van der Waals surface area (Å²) in [6.45, 7) is 6.15. The summed E-state index contributed by atoms with van der Waals surface area (Å²) in [7, 11) is 0.346. The lowest BCUT2D eigenvalue weighted by molar-refractivity contribution is 0.0730. The summed E-state index contributed by atoms with van der Waals surface area (Å²) in [5.41, 5.74) is 0.348. The first-order valence-corrected chi connectivity index (χ1v) is 10.3. The summed E-state index contributed by atoms with van der Waals surface area (Å²) < 4.78 is 32.1. The topological polar surface area (TPSA) is 79.0 Å². The van der Waals surface area contributed by atoms with Crippen molar-refractivity contribution in [2.24, 2.45) is 5.92 Å². The Morgan fingerprint density at radius 2 is 1.92 bits per heavy atom. The number of benzene rings is 1. The maximum atomic E-state index is 12.7. The van der Waals surface area contributed by atoms with Crippen LogP contribution >= 0.6 is 0 Å². The number of amides is 1. The number of morpholine rings is 1. The summed E-state index contributed by atoms with van der Waals surface area (Å²) in [5, 5.41) is 2.91. The number of ether oxygens (including phenoxy) is 1. The van der Waals surface area contributed by atoms with Crippen LogP contribution in [0.4, 0.5) is 0 Å². The van der Waals surface area contributed by atoms with E-state index in [0.29, 0.717) is 44.3 Å². The summed E-state index contributed by atoms with van der Waals surface area (Å²) in [5.74, 6) is 0.120. The van der Waals surface area contributed by atoms with Crippen LogP contribution in [0.1, 0.15) is 24.2 Å². The van der Waals surface area contributed by atoms with Gasteiger partial charge in [-0.1, -0.05) is 19.9 Å². The van der Waals surface area contributed by atoms with Crippen LogP contribution < -0.4 is 5.32 Å². The van der Waals surface area contributed by atoms with Crippen molar-refractivity contribution in [1.82, 2.24) is 14.5 Å². The Bertz CT molecular complexity index is 705. The lowest BCUT2D eigenvalue weighted by Crippen LogP contribution is -2.43. The average molecular weight is 384 g/mol. The third-order valence-electron chi connectivity index (χ3n) is 4.61. The zero-order valence-corrected chi connectivity index (χ0v) is 16.8. The molecule has 1 saturated heterocycles. The van der Waals surface area contributed by atoms with Crippen molar-refractivity contribution in [3.63, 3.8) is 0 Å². The zero-order chi connectivity index (χ0) is 19.3. The summed E-state index contributed by atoms with van der Waals surface area (Å²) in [6, 6.07) is 6.42. The maximum Gasteiger partial charge on any atom is 0.251 e. The minimum Gasteiger partial charge on any atom is -0.379 e. The van der Waals surface area contributed by atoms with Crippen LogP contribution in [0.15, 0.2) is 29.2 Å². The molecule has 1 aliphatic rings. The van der Waals surface area contributed by atoms with E-state index in [4.69, 9.17) is 4.74 Å². The minimum absolute atomic E-state index is 0.139. The van der Waals surface area contributed by atoms with Gasteiger partial charge in [-0.25, -0.2) is 8.42 Å². The standard InChI is InChI=1S/C18H29N3O4S/c1-14(2)17(20(3)4)13-19-18(22)15-6-5-7-16(12-15)26(23,24)21-8-10-25-11-9-21/h5-7,12,14,17H,8-11,13H2,1-4H3,(H,19,22)/t17-/m1/s1. The monoisotopic (exact) mass is 383 g/mol. The molecule has 0 aliphatic carbocycles. The van der Waals surface area contributed by atoms with Gasteiger partial charge in [-0.2, -0.15) is 4.31 Å². The van der Waals surface area contributed by atoms with Crippen molar-refractivity contribution in [3.05, 3.63) is 29.8 Å². The van der Waals surface area contributed by atoms with Gasteiger partial charge in [0.25, 0.3) is 5.91 Å². The van der Waals surface area contributed by atoms with Gasteiger partial charge >= 0.3 is 0 Å². The Kier molecular flexibility index (Phi) is 7.16. The van der Waals surface area contributed by atoms with Crippen LogP contribution in [0.2, 0.25) is 0 Å². The minimum atomic E-state index is -3.61. The molecule has 1 atom stereocenters. The van der Waals surface area contributed by atoms with Gasteiger partial charge in [0.05, 0.1) is 18.1 Å². The van der Waals surface area contributed by atoms with Crippen molar-refractivity contribution in [3.8, 4) is 0 Å². The number of hydrogen-bond acceptors (Lipinski definition) is 5. The van der Waals surface area contributed by atoms with Crippen LogP contribution in [-0.4, -0.2) is 76.5 Å². The van der Waals surface area contributed by atoms with Gasteiger partial charge in [-0.05, 0) is 38.2 Å². The summed E-state index contributed by atoms with van der Waals surface area (Å²) in [6.07, 6.45) is 0. The highest BCUT2D eigenvalue weighted by atomic mass is 32.2. The van der Waals surface area contributed by atoms with E-state index < -0.39 is 10.0 Å². The summed E-state index contributed by atoms with van der Waals surface area (Å²) >= 11 is 0. The maximum absolute atomic E-state index is 12.7. The number of rotatable bonds is 7. The van der Waals surface area contributed by atoms with Gasteiger partial charge in [0, 0.05) is 31.2 Å². The quantitative estimate of drug-likeness (QED) is 0.761. The van der Waals surface area contributed by atoms with Gasteiger partial charge in [0.2, 0.25) is 10.0 Å². The van der Waals surface area contributed by atoms with E-state index in [9.17, 15) is 13.2 Å². The fraction of sp³-hybridized carbons (Fsp3) is 0.611. The fourth-order valence-electron chi connectivity index (χ4n) is 3.05. The predicted octanol–water partition coefficient (Wildman–Crippen LogP) is 1.02. The van der Waals surface area contributed by atoms with Crippen LogP contribution in [0.5, 0.6) is 0 Å². The molecule has 0 spiro atoms. The Labute approximate surface area is 156 Å². The molecular weight excluding hydrogens is 354 g/mol. The molecule has 1 amide bonds. The van der Waals surface area contributed by atoms with Crippen molar-refractivity contribution in [2.45, 2.75) is 24.8 Å². The second-order valence-electron chi connectivity index (χ2n) is 7.03. The predicted molar refractivity (Wildman–Crippen MR) is 101 cm³/mol. The number of likely N-dealkylation sites (N-methyl/N-ethyl adjacent to an activating group) is 1. The molecule has 1 aromatic carbocycles. The molecule has 8 heteroatoms. The molecule has 1 heterocycles. The number of hydrogen-bond donors (Lipinski definition) is 1. The lowest BCUT2D eigenvalue weighted by Gasteiger charge is -2.28. The van der Waals surface area contributed by atoms with Crippen molar-refractivity contribution in [1.29, 1.82) is 0 Å². The average Bonchev–Trinajstić information content (AvgIpc) is 2.62. The van der Waals surface area contributed by atoms with Crippen LogP contribution in [0.3, 0.4) is 0 Å². The van der Waals surface area contributed by atoms with Gasteiger partial charge in [-0.15, -0.1) is 0 Å². The highest BCUT2D eigenvalue weighted by molar-refractivity contribution is 7.89. The third-order valence-corrected chi connectivity index (χ3v) is 6.50. The smallest absolute Gasteiger partial charge is 0.251 e. The molecule has 0 radical (unpaired) electrons. The molecule has 7 nitrogen and oxygen atoms in total. The number of nitrogens with one attached hydrogen (secondary N) is 1. The van der Waals surface area contributed by atoms with Gasteiger partial charge in [-0.3, -0.25) is 4.79 Å². The van der Waals surface area contributed by atoms with Gasteiger partial charge in [0.1, 0.15) is 0 Å². The van der Waals surface area contributed by atoms with Gasteiger partial charge in [0.15, 0.2) is 0 Å². The zero-order valence-electron chi connectivity index (χ0n) is 15.9. The first-order valence-electron chi connectivity index (χ1n) is 8.86. The Hall–Kier alpha value is -1.48. The van der Waals surface area contributed by atoms with Crippen molar-refractivity contribution >= 4 is 15.9 Å². The summed E-state index contributed by atoms with van der Waals surface area (Å²) in [4.78, 5) is 14.7. The molecule has 0 saturated carbocycles. The van der Waals surface area contributed by atoms with Crippen molar-refractivity contribution in [2.75, 3.05) is 46.9 Å². The number of sulfonamides is 1. The van der Waals surface area contributed by atoms with E-state index in [-0.39, 0.29) is 16.8 Å². The fourth-order valence-corrected chi connectivity index (χ4v) is 4.50. The third kappa shape index (κ3) is 5.03. The number of carbonyl (C=O) groups excluding carboxylic acids is 1. The van der Waals surface area contributed by atoms with Crippen LogP contribution in [0, 0.1) is 5.92 Å². The SMILES string of the molecule is CC(C)[C@@H](CNC(=O)c1cccc(S(=O)(=O)N2CCOCC2)c1)N(C)C. The molecule has 1 fully saturated rings. The number of carbonyl (C=O) groups is 1. The second-order valence-corrected chi connectivity index (χ2v) is 8.97. The molecule has 1 N–H and O–H groups in total. The molecule has 26 heavy (non-hydrogen) atoms. The Morgan fingerprint density at radius 3 is 2.50 bits per heavy atom. The van der Waals surface area contributed by atoms with E-state index >= 15 is 0 Å². The van der Waals surface area contributed by atoms with E-state index in [1.54, 1.807) is 12.1 Å². The first-order chi connectivity index (χ1) is 12.2. The molecule has 1 aliphatic heterocycles. The highest BCUT2D eigenvalue weighted by Crippen LogP contribution is 2.18. The molecule has 1 aromatic rings. The molecule has 0 bridgehead atoms. The van der Waals surface area contributed by atoms with E-state index in [1.807, 2.05) is 14.1 Å². The van der Waals surface area contributed by atoms with Gasteiger partial charge < -0.3 is 15.0 Å². The van der Waals surface area contributed by atoms with Crippen molar-refractivity contribution < 1.29 is 17.9 Å². The Morgan fingerprint density at radius 1 is 1.27 bits per heavy atom. The Balaban J connectivity index is 2.11. The van der Waals surface area contributed by atoms with Crippen LogP contribution in [-0.2, 0) is 14.8 Å². The number of nitrogens with zero attached hydrogens (tertiary/aromatic N) is 2. The lowest BCUT2D eigenvalue weighted by atomic mass is 10.0. The largest absolute Gasteiger partial charge is 0.379 e. The second kappa shape index (κ2) is 8.94. The molecule has 146 valence electrons. The van der Waals surface area contributed by atoms with E-state index in [2.05, 4.69) is 24.1 Å². The molecule has 0 unspecified atom stereocenters. The normalized spacial score (nSPS) is 17.5.